The largest absolute Gasteiger partial charge is 0.480 e. The van der Waals surface area contributed by atoms with E-state index in [0.29, 0.717) is 6.20 Å². The van der Waals surface area contributed by atoms with Gasteiger partial charge < -0.3 is 15.2 Å². The normalized spacial score (nSPS) is 13.2. The van der Waals surface area contributed by atoms with Crippen LogP contribution in [0, 0.1) is 11.8 Å². The molecule has 0 radical (unpaired) electrons. The number of pyridine rings is 1. The molecule has 6 nitrogen and oxygen atoms in total. The van der Waals surface area contributed by atoms with Crippen LogP contribution in [0.5, 0.6) is 0 Å². The average Bonchev–Trinajstić information content (AvgIpc) is 3.08. The maximum absolute atomic E-state index is 13.8. The number of hydrogen-bond acceptors (Lipinski definition) is 4. The predicted octanol–water partition coefficient (Wildman–Crippen LogP) is 3.89. The smallest absolute Gasteiger partial charge is 0.407 e. The highest BCUT2D eigenvalue weighted by Crippen LogP contribution is 2.44. The lowest BCUT2D eigenvalue weighted by Gasteiger charge is -2.17. The molecule has 0 aliphatic heterocycles. The SMILES string of the molecule is O=C(N[C@@H](Cc1cc(F)ncc1F)C(=O)O)OCC1c2ccccc2-c2ccccc21. The van der Waals surface area contributed by atoms with Crippen molar-refractivity contribution in [3.8, 4) is 11.1 Å². The molecule has 1 aromatic heterocycles. The number of fused-ring (bicyclic) bond motifs is 3. The van der Waals surface area contributed by atoms with E-state index in [1.807, 2.05) is 48.5 Å². The van der Waals surface area contributed by atoms with Gasteiger partial charge in [0.15, 0.2) is 0 Å². The number of alkyl carbamates (subject to hydrolysis) is 1. The summed E-state index contributed by atoms with van der Waals surface area (Å²) in [6.07, 6.45) is -0.744. The molecule has 1 amide bonds. The van der Waals surface area contributed by atoms with Crippen LogP contribution in [0.1, 0.15) is 22.6 Å². The van der Waals surface area contributed by atoms with E-state index < -0.39 is 36.3 Å². The molecule has 0 bridgehead atoms. The molecular weight excluding hydrogens is 406 g/mol. The standard InChI is InChI=1S/C23H18F2N2O4/c24-19-11-26-21(25)10-13(19)9-20(22(28)29)27-23(30)31-12-18-16-7-3-1-5-14(16)15-6-2-4-8-17(15)18/h1-8,10-11,18,20H,9,12H2,(H,27,30)(H,28,29)/t20-/m0/s1. The molecule has 1 heterocycles. The minimum Gasteiger partial charge on any atom is -0.480 e. The van der Waals surface area contributed by atoms with Crippen LogP contribution in [0.3, 0.4) is 0 Å². The van der Waals surface area contributed by atoms with Gasteiger partial charge in [-0.15, -0.1) is 0 Å². The molecule has 158 valence electrons. The summed E-state index contributed by atoms with van der Waals surface area (Å²) < 4.78 is 32.4. The molecule has 2 aromatic carbocycles. The average molecular weight is 424 g/mol. The van der Waals surface area contributed by atoms with Gasteiger partial charge in [0.25, 0.3) is 0 Å². The first-order chi connectivity index (χ1) is 14.9. The Hall–Kier alpha value is -3.81. The molecule has 2 N–H and O–H groups in total. The molecule has 0 saturated carbocycles. The monoisotopic (exact) mass is 424 g/mol. The van der Waals surface area contributed by atoms with E-state index in [0.717, 1.165) is 28.3 Å². The molecule has 1 aliphatic rings. The molecule has 4 rings (SSSR count). The lowest BCUT2D eigenvalue weighted by molar-refractivity contribution is -0.139. The number of nitrogens with zero attached hydrogens (tertiary/aromatic N) is 1. The first kappa shape index (κ1) is 20.5. The third-order valence-corrected chi connectivity index (χ3v) is 5.26. The molecular formula is C23H18F2N2O4. The van der Waals surface area contributed by atoms with Crippen molar-refractivity contribution in [2.75, 3.05) is 6.61 Å². The van der Waals surface area contributed by atoms with Crippen molar-refractivity contribution < 1.29 is 28.2 Å². The number of rotatable bonds is 6. The molecule has 1 aliphatic carbocycles. The second-order valence-electron chi connectivity index (χ2n) is 7.16. The van der Waals surface area contributed by atoms with E-state index in [-0.39, 0.29) is 18.1 Å². The number of halogens is 2. The highest BCUT2D eigenvalue weighted by Gasteiger charge is 2.30. The van der Waals surface area contributed by atoms with Gasteiger partial charge in [0.2, 0.25) is 5.95 Å². The van der Waals surface area contributed by atoms with E-state index in [2.05, 4.69) is 10.3 Å². The molecule has 8 heteroatoms. The number of carboxylic acid groups (broad SMARTS) is 1. The van der Waals surface area contributed by atoms with Crippen LogP contribution in [0.2, 0.25) is 0 Å². The number of nitrogens with one attached hydrogen (secondary N) is 1. The van der Waals surface area contributed by atoms with Gasteiger partial charge in [-0.25, -0.2) is 19.0 Å². The van der Waals surface area contributed by atoms with Crippen molar-refractivity contribution in [2.24, 2.45) is 0 Å². The summed E-state index contributed by atoms with van der Waals surface area (Å²) in [6, 6.07) is 14.9. The van der Waals surface area contributed by atoms with E-state index in [1.165, 1.54) is 0 Å². The van der Waals surface area contributed by atoms with Crippen LogP contribution in [0.25, 0.3) is 11.1 Å². The first-order valence-electron chi connectivity index (χ1n) is 9.58. The number of benzene rings is 2. The Labute approximate surface area is 176 Å². The Balaban J connectivity index is 1.45. The highest BCUT2D eigenvalue weighted by atomic mass is 19.1. The number of carbonyl (C=O) groups excluding carboxylic acids is 1. The molecule has 0 fully saturated rings. The van der Waals surface area contributed by atoms with Crippen molar-refractivity contribution in [2.45, 2.75) is 18.4 Å². The topological polar surface area (TPSA) is 88.5 Å². The fraction of sp³-hybridized carbons (Fsp3) is 0.174. The van der Waals surface area contributed by atoms with E-state index in [1.54, 1.807) is 0 Å². The second kappa shape index (κ2) is 8.51. The van der Waals surface area contributed by atoms with Gasteiger partial charge in [-0.1, -0.05) is 48.5 Å². The second-order valence-corrected chi connectivity index (χ2v) is 7.16. The quantitative estimate of drug-likeness (QED) is 0.586. The summed E-state index contributed by atoms with van der Waals surface area (Å²) in [5, 5.41) is 11.6. The van der Waals surface area contributed by atoms with Gasteiger partial charge in [0.1, 0.15) is 18.5 Å². The Bertz CT molecular complexity index is 1110. The number of carbonyl (C=O) groups is 2. The summed E-state index contributed by atoms with van der Waals surface area (Å²) in [4.78, 5) is 27.0. The van der Waals surface area contributed by atoms with Gasteiger partial charge in [0, 0.05) is 12.3 Å². The van der Waals surface area contributed by atoms with E-state index in [4.69, 9.17) is 4.74 Å². The van der Waals surface area contributed by atoms with Crippen molar-refractivity contribution in [3.05, 3.63) is 89.2 Å². The zero-order valence-electron chi connectivity index (χ0n) is 16.2. The Morgan fingerprint density at radius 1 is 1.06 bits per heavy atom. The van der Waals surface area contributed by atoms with Crippen LogP contribution in [-0.2, 0) is 16.0 Å². The lowest BCUT2D eigenvalue weighted by atomic mass is 9.98. The summed E-state index contributed by atoms with van der Waals surface area (Å²) in [5.74, 6) is -3.39. The maximum Gasteiger partial charge on any atom is 0.407 e. The number of amides is 1. The summed E-state index contributed by atoms with van der Waals surface area (Å²) in [7, 11) is 0. The molecule has 3 aromatic rings. The number of aromatic nitrogens is 1. The van der Waals surface area contributed by atoms with E-state index >= 15 is 0 Å². The van der Waals surface area contributed by atoms with Crippen molar-refractivity contribution >= 4 is 12.1 Å². The van der Waals surface area contributed by atoms with Crippen LogP contribution < -0.4 is 5.32 Å². The predicted molar refractivity (Wildman–Crippen MR) is 107 cm³/mol. The Morgan fingerprint density at radius 3 is 2.29 bits per heavy atom. The summed E-state index contributed by atoms with van der Waals surface area (Å²) in [5.41, 5.74) is 3.94. The van der Waals surface area contributed by atoms with Crippen LogP contribution in [0.15, 0.2) is 60.8 Å². The van der Waals surface area contributed by atoms with Crippen molar-refractivity contribution in [1.29, 1.82) is 0 Å². The number of hydrogen-bond donors (Lipinski definition) is 2. The molecule has 1 atom stereocenters. The lowest BCUT2D eigenvalue weighted by Crippen LogP contribution is -2.43. The minimum absolute atomic E-state index is 0.00441. The van der Waals surface area contributed by atoms with Gasteiger partial charge >= 0.3 is 12.1 Å². The van der Waals surface area contributed by atoms with Gasteiger partial charge in [-0.3, -0.25) is 0 Å². The highest BCUT2D eigenvalue weighted by molar-refractivity contribution is 5.81. The zero-order valence-corrected chi connectivity index (χ0v) is 16.2. The maximum atomic E-state index is 13.8. The minimum atomic E-state index is -1.49. The first-order valence-corrected chi connectivity index (χ1v) is 9.58. The van der Waals surface area contributed by atoms with Crippen LogP contribution in [-0.4, -0.2) is 34.8 Å². The number of carboxylic acids is 1. The van der Waals surface area contributed by atoms with E-state index in [9.17, 15) is 23.5 Å². The van der Waals surface area contributed by atoms with Crippen molar-refractivity contribution in [3.63, 3.8) is 0 Å². The number of aliphatic carboxylic acids is 1. The Morgan fingerprint density at radius 2 is 1.68 bits per heavy atom. The van der Waals surface area contributed by atoms with Crippen LogP contribution >= 0.6 is 0 Å². The third-order valence-electron chi connectivity index (χ3n) is 5.26. The van der Waals surface area contributed by atoms with Crippen LogP contribution in [0.4, 0.5) is 13.6 Å². The third kappa shape index (κ3) is 4.23. The summed E-state index contributed by atoms with van der Waals surface area (Å²) in [6.45, 7) is 0.00441. The zero-order chi connectivity index (χ0) is 22.0. The number of ether oxygens (including phenoxy) is 1. The fourth-order valence-electron chi connectivity index (χ4n) is 3.81. The Kier molecular flexibility index (Phi) is 5.62. The molecule has 0 saturated heterocycles. The summed E-state index contributed by atoms with van der Waals surface area (Å²) >= 11 is 0. The van der Waals surface area contributed by atoms with Crippen molar-refractivity contribution in [1.82, 2.24) is 10.3 Å². The van der Waals surface area contributed by atoms with Gasteiger partial charge in [-0.05, 0) is 33.9 Å². The fourth-order valence-corrected chi connectivity index (χ4v) is 3.81. The van der Waals surface area contributed by atoms with Gasteiger partial charge in [0.05, 0.1) is 6.20 Å². The van der Waals surface area contributed by atoms with Gasteiger partial charge in [-0.2, -0.15) is 4.39 Å². The molecule has 0 unspecified atom stereocenters. The molecule has 31 heavy (non-hydrogen) atoms. The molecule has 0 spiro atoms.